The van der Waals surface area contributed by atoms with Crippen molar-refractivity contribution >= 4 is 102 Å². The first kappa shape index (κ1) is 32.3. The second-order valence-corrected chi connectivity index (χ2v) is 13.1. The van der Waals surface area contributed by atoms with Crippen molar-refractivity contribution in [1.82, 2.24) is 5.32 Å². The molecule has 1 aromatic rings. The molecule has 2 rings (SSSR count). The fourth-order valence-electron chi connectivity index (χ4n) is 3.49. The molecule has 198 valence electrons. The van der Waals surface area contributed by atoms with E-state index in [0.717, 1.165) is 45.7 Å². The Bertz CT molecular complexity index is 991. The molecule has 1 aliphatic carbocycles. The van der Waals surface area contributed by atoms with Crippen LogP contribution in [0.1, 0.15) is 64.9 Å². The van der Waals surface area contributed by atoms with Gasteiger partial charge >= 0.3 is 5.97 Å². The zero-order chi connectivity index (χ0) is 26.7. The van der Waals surface area contributed by atoms with Crippen LogP contribution in [0.2, 0.25) is 0 Å². The number of allylic oxidation sites excluding steroid dienone is 4. The minimum atomic E-state index is -0.318. The van der Waals surface area contributed by atoms with Gasteiger partial charge in [-0.1, -0.05) is 60.9 Å². The van der Waals surface area contributed by atoms with Crippen molar-refractivity contribution in [2.75, 3.05) is 4.43 Å². The van der Waals surface area contributed by atoms with Gasteiger partial charge in [-0.15, -0.1) is 0 Å². The SMILES string of the molecule is C=C/C(=C\C(I)=C(\C)CI)Oc1c(I)cc(CC(=O)O/C(=N/C(C)CC)NC2CCCCC2)cc1I. The summed E-state index contributed by atoms with van der Waals surface area (Å²) in [6, 6.07) is 4.70. The van der Waals surface area contributed by atoms with Crippen molar-refractivity contribution < 1.29 is 14.3 Å². The van der Waals surface area contributed by atoms with E-state index in [1.807, 2.05) is 25.1 Å². The van der Waals surface area contributed by atoms with E-state index in [0.29, 0.717) is 17.8 Å². The zero-order valence-corrected chi connectivity index (χ0v) is 29.6. The Morgan fingerprint density at radius 1 is 1.25 bits per heavy atom. The highest BCUT2D eigenvalue weighted by Gasteiger charge is 2.19. The summed E-state index contributed by atoms with van der Waals surface area (Å²) >= 11 is 9.18. The van der Waals surface area contributed by atoms with Crippen LogP contribution in [0.4, 0.5) is 0 Å². The molecule has 0 aliphatic heterocycles. The second-order valence-electron chi connectivity index (χ2n) is 8.83. The van der Waals surface area contributed by atoms with Gasteiger partial charge in [0.2, 0.25) is 0 Å². The number of aliphatic imine (C=N–C) groups is 1. The van der Waals surface area contributed by atoms with E-state index in [1.54, 1.807) is 6.08 Å². The zero-order valence-electron chi connectivity index (χ0n) is 21.0. The van der Waals surface area contributed by atoms with Crippen molar-refractivity contribution in [3.8, 4) is 5.75 Å². The summed E-state index contributed by atoms with van der Waals surface area (Å²) in [5, 5.41) is 3.39. The van der Waals surface area contributed by atoms with Gasteiger partial charge in [-0.25, -0.2) is 4.99 Å². The van der Waals surface area contributed by atoms with Gasteiger partial charge in [0.05, 0.1) is 19.6 Å². The van der Waals surface area contributed by atoms with E-state index in [1.165, 1.54) is 24.8 Å². The Kier molecular flexibility index (Phi) is 15.2. The number of hydrogen-bond acceptors (Lipinski definition) is 4. The van der Waals surface area contributed by atoms with Crippen molar-refractivity contribution in [3.63, 3.8) is 0 Å². The van der Waals surface area contributed by atoms with Crippen LogP contribution in [-0.4, -0.2) is 28.5 Å². The predicted molar refractivity (Wildman–Crippen MR) is 183 cm³/mol. The van der Waals surface area contributed by atoms with Gasteiger partial charge < -0.3 is 14.8 Å². The molecule has 0 bridgehead atoms. The van der Waals surface area contributed by atoms with Crippen LogP contribution in [-0.2, 0) is 16.0 Å². The topological polar surface area (TPSA) is 59.9 Å². The quantitative estimate of drug-likeness (QED) is 0.0486. The van der Waals surface area contributed by atoms with E-state index in [-0.39, 0.29) is 18.4 Å². The van der Waals surface area contributed by atoms with E-state index in [4.69, 9.17) is 9.47 Å². The Labute approximate surface area is 270 Å². The van der Waals surface area contributed by atoms with E-state index in [9.17, 15) is 4.79 Å². The third-order valence-electron chi connectivity index (χ3n) is 5.78. The first-order chi connectivity index (χ1) is 17.2. The molecule has 9 heteroatoms. The Morgan fingerprint density at radius 2 is 1.89 bits per heavy atom. The molecule has 1 N–H and O–H groups in total. The number of nitrogens with zero attached hydrogens (tertiary/aromatic N) is 1. The number of carbonyl (C=O) groups is 1. The minimum absolute atomic E-state index is 0.0906. The van der Waals surface area contributed by atoms with Crippen molar-refractivity contribution in [2.24, 2.45) is 4.99 Å². The average Bonchev–Trinajstić information content (AvgIpc) is 2.85. The molecule has 5 nitrogen and oxygen atoms in total. The second kappa shape index (κ2) is 16.9. The molecule has 1 saturated carbocycles. The monoisotopic (exact) mass is 942 g/mol. The molecule has 1 atom stereocenters. The number of halogens is 4. The van der Waals surface area contributed by atoms with Crippen LogP contribution in [0.5, 0.6) is 5.75 Å². The maximum atomic E-state index is 12.9. The number of alkyl halides is 1. The lowest BCUT2D eigenvalue weighted by Gasteiger charge is -2.24. The summed E-state index contributed by atoms with van der Waals surface area (Å²) in [5.74, 6) is 1.13. The predicted octanol–water partition coefficient (Wildman–Crippen LogP) is 8.65. The number of rotatable bonds is 10. The first-order valence-electron chi connectivity index (χ1n) is 12.1. The lowest BCUT2D eigenvalue weighted by atomic mass is 9.96. The highest BCUT2D eigenvalue weighted by atomic mass is 127. The van der Waals surface area contributed by atoms with Gasteiger partial charge in [0, 0.05) is 14.0 Å². The van der Waals surface area contributed by atoms with Crippen LogP contribution in [0.25, 0.3) is 0 Å². The van der Waals surface area contributed by atoms with Crippen molar-refractivity contribution in [3.05, 3.63) is 58.5 Å². The number of amidine groups is 1. The number of esters is 1. The largest absolute Gasteiger partial charge is 0.455 e. The number of nitrogens with one attached hydrogen (secondary N) is 1. The van der Waals surface area contributed by atoms with E-state index < -0.39 is 0 Å². The summed E-state index contributed by atoms with van der Waals surface area (Å²) in [7, 11) is 0. The summed E-state index contributed by atoms with van der Waals surface area (Å²) < 4.78 is 15.9. The van der Waals surface area contributed by atoms with Crippen LogP contribution in [0.15, 0.2) is 50.8 Å². The molecule has 36 heavy (non-hydrogen) atoms. The summed E-state index contributed by atoms with van der Waals surface area (Å²) in [6.07, 6.45) is 10.6. The van der Waals surface area contributed by atoms with Gasteiger partial charge in [0.25, 0.3) is 6.02 Å². The Hall–Kier alpha value is 0.1000. The van der Waals surface area contributed by atoms with Gasteiger partial charge in [0.1, 0.15) is 5.76 Å². The molecule has 0 amide bonds. The van der Waals surface area contributed by atoms with Crippen LogP contribution >= 0.6 is 90.4 Å². The van der Waals surface area contributed by atoms with Gasteiger partial charge in [0.15, 0.2) is 5.75 Å². The lowest BCUT2D eigenvalue weighted by molar-refractivity contribution is -0.135. The number of ether oxygens (including phenoxy) is 2. The Morgan fingerprint density at radius 3 is 2.44 bits per heavy atom. The molecular formula is C27H34I4N2O3. The molecule has 0 radical (unpaired) electrons. The molecule has 1 aromatic carbocycles. The van der Waals surface area contributed by atoms with Crippen molar-refractivity contribution in [1.29, 1.82) is 0 Å². The molecule has 1 unspecified atom stereocenters. The van der Waals surface area contributed by atoms with E-state index >= 15 is 0 Å². The maximum Gasteiger partial charge on any atom is 0.318 e. The summed E-state index contributed by atoms with van der Waals surface area (Å²) in [4.78, 5) is 17.5. The van der Waals surface area contributed by atoms with Crippen LogP contribution < -0.4 is 10.1 Å². The van der Waals surface area contributed by atoms with Gasteiger partial charge in [-0.2, -0.15) is 0 Å². The molecule has 1 aliphatic rings. The highest BCUT2D eigenvalue weighted by Crippen LogP contribution is 2.32. The lowest BCUT2D eigenvalue weighted by Crippen LogP contribution is -2.39. The fraction of sp³-hybridized carbons (Fsp3) is 0.481. The molecular weight excluding hydrogens is 908 g/mol. The normalized spacial score (nSPS) is 16.8. The number of carbonyl (C=O) groups excluding carboxylic acids is 1. The Balaban J connectivity index is 2.14. The van der Waals surface area contributed by atoms with E-state index in [2.05, 4.69) is 121 Å². The molecule has 0 saturated heterocycles. The summed E-state index contributed by atoms with van der Waals surface area (Å²) in [6.45, 7) is 10.1. The standard InChI is InChI=1S/C27H34I4N2O3/c1-5-18(4)32-27(33-20-10-8-7-9-11-20)36-25(34)14-19-12-23(30)26(24(31)13-19)35-21(6-2)15-22(29)17(3)16-28/h6,12-13,15,18,20H,2,5,7-11,14,16H2,1,3-4H3,(H,32,33)/b21-15+,22-17+. The fourth-order valence-corrected chi connectivity index (χ4v) is 7.24. The maximum absolute atomic E-state index is 12.9. The third kappa shape index (κ3) is 11.1. The van der Waals surface area contributed by atoms with Crippen LogP contribution in [0.3, 0.4) is 0 Å². The molecule has 0 spiro atoms. The first-order valence-corrected chi connectivity index (χ1v) is 16.9. The molecule has 0 aromatic heterocycles. The number of benzene rings is 1. The van der Waals surface area contributed by atoms with Gasteiger partial charge in [-0.3, -0.25) is 4.79 Å². The minimum Gasteiger partial charge on any atom is -0.455 e. The van der Waals surface area contributed by atoms with Crippen molar-refractivity contribution in [2.45, 2.75) is 77.8 Å². The smallest absolute Gasteiger partial charge is 0.318 e. The average molecular weight is 942 g/mol. The van der Waals surface area contributed by atoms with Crippen LogP contribution in [0, 0.1) is 7.14 Å². The summed E-state index contributed by atoms with van der Waals surface area (Å²) in [5.41, 5.74) is 2.16. The highest BCUT2D eigenvalue weighted by molar-refractivity contribution is 14.1. The molecule has 0 heterocycles. The number of hydrogen-bond donors (Lipinski definition) is 1. The molecule has 1 fully saturated rings. The third-order valence-corrected chi connectivity index (χ3v) is 9.76. The van der Waals surface area contributed by atoms with Gasteiger partial charge in [-0.05, 0) is 131 Å².